The van der Waals surface area contributed by atoms with E-state index in [2.05, 4.69) is 4.98 Å². The lowest BCUT2D eigenvalue weighted by atomic mass is 10.1. The quantitative estimate of drug-likeness (QED) is 0.488. The number of halogens is 5. The second-order valence-corrected chi connectivity index (χ2v) is 3.94. The van der Waals surface area contributed by atoms with E-state index in [-0.39, 0.29) is 11.1 Å². The Kier molecular flexibility index (Phi) is 2.83. The van der Waals surface area contributed by atoms with E-state index in [0.29, 0.717) is 0 Å². The molecule has 0 atom stereocenters. The SMILES string of the molecule is O=C1/C(=C(\O)C(F)(F)C(F)(F)F)Cc2ccncc21. The normalized spacial score (nSPS) is 18.5. The summed E-state index contributed by atoms with van der Waals surface area (Å²) in [4.78, 5) is 15.2. The number of carbonyl (C=O) groups is 1. The predicted octanol–water partition coefficient (Wildman–Crippen LogP) is 2.83. The van der Waals surface area contributed by atoms with E-state index >= 15 is 0 Å². The van der Waals surface area contributed by atoms with Crippen molar-refractivity contribution in [2.24, 2.45) is 0 Å². The summed E-state index contributed by atoms with van der Waals surface area (Å²) in [5.74, 6) is -8.77. The summed E-state index contributed by atoms with van der Waals surface area (Å²) in [5, 5.41) is 9.12. The molecular weight excluding hydrogens is 273 g/mol. The molecule has 0 fully saturated rings. The van der Waals surface area contributed by atoms with Gasteiger partial charge in [0.2, 0.25) is 0 Å². The van der Waals surface area contributed by atoms with E-state index in [1.807, 2.05) is 0 Å². The monoisotopic (exact) mass is 279 g/mol. The Bertz CT molecular complexity index is 577. The van der Waals surface area contributed by atoms with E-state index in [4.69, 9.17) is 5.11 Å². The topological polar surface area (TPSA) is 50.2 Å². The van der Waals surface area contributed by atoms with Crippen LogP contribution in [-0.4, -0.2) is 28.0 Å². The smallest absolute Gasteiger partial charge is 0.461 e. The van der Waals surface area contributed by atoms with Gasteiger partial charge in [-0.2, -0.15) is 22.0 Å². The summed E-state index contributed by atoms with van der Waals surface area (Å²) in [6.07, 6.45) is -4.11. The number of rotatable bonds is 1. The molecule has 1 N–H and O–H groups in total. The van der Waals surface area contributed by atoms with E-state index in [0.717, 1.165) is 6.20 Å². The first-order chi connectivity index (χ1) is 8.66. The largest absolute Gasteiger partial charge is 0.506 e. The van der Waals surface area contributed by atoms with E-state index in [1.165, 1.54) is 12.3 Å². The Morgan fingerprint density at radius 3 is 2.42 bits per heavy atom. The van der Waals surface area contributed by atoms with Gasteiger partial charge in [0.1, 0.15) is 0 Å². The number of allylic oxidation sites excluding steroid dienone is 2. The third kappa shape index (κ3) is 1.96. The Hall–Kier alpha value is -1.99. The van der Waals surface area contributed by atoms with E-state index in [9.17, 15) is 26.7 Å². The van der Waals surface area contributed by atoms with Crippen molar-refractivity contribution in [2.75, 3.05) is 0 Å². The van der Waals surface area contributed by atoms with Crippen LogP contribution in [0.3, 0.4) is 0 Å². The zero-order chi connectivity index (χ0) is 14.4. The average Bonchev–Trinajstić information content (AvgIpc) is 2.65. The van der Waals surface area contributed by atoms with Crippen LogP contribution in [0.5, 0.6) is 0 Å². The maximum absolute atomic E-state index is 13.0. The average molecular weight is 279 g/mol. The molecule has 19 heavy (non-hydrogen) atoms. The first-order valence-electron chi connectivity index (χ1n) is 5.01. The zero-order valence-corrected chi connectivity index (χ0v) is 9.13. The molecule has 0 saturated carbocycles. The van der Waals surface area contributed by atoms with Crippen molar-refractivity contribution in [1.29, 1.82) is 0 Å². The molecule has 8 heteroatoms. The maximum atomic E-state index is 13.0. The highest BCUT2D eigenvalue weighted by Crippen LogP contribution is 2.43. The van der Waals surface area contributed by atoms with Crippen LogP contribution in [0.15, 0.2) is 29.8 Å². The molecule has 0 bridgehead atoms. The van der Waals surface area contributed by atoms with Crippen LogP contribution in [0.1, 0.15) is 15.9 Å². The van der Waals surface area contributed by atoms with Gasteiger partial charge in [-0.25, -0.2) is 0 Å². The van der Waals surface area contributed by atoms with Gasteiger partial charge >= 0.3 is 12.1 Å². The molecule has 1 aromatic heterocycles. The van der Waals surface area contributed by atoms with Crippen molar-refractivity contribution in [1.82, 2.24) is 4.98 Å². The van der Waals surface area contributed by atoms with E-state index in [1.54, 1.807) is 0 Å². The maximum Gasteiger partial charge on any atom is 0.461 e. The number of carbonyl (C=O) groups excluding carboxylic acids is 1. The second kappa shape index (κ2) is 4.01. The molecule has 102 valence electrons. The van der Waals surface area contributed by atoms with Gasteiger partial charge in [-0.05, 0) is 11.6 Å². The fourth-order valence-corrected chi connectivity index (χ4v) is 1.73. The molecule has 0 saturated heterocycles. The summed E-state index contributed by atoms with van der Waals surface area (Å²) < 4.78 is 62.3. The van der Waals surface area contributed by atoms with Gasteiger partial charge < -0.3 is 5.11 Å². The van der Waals surface area contributed by atoms with Crippen LogP contribution in [0, 0.1) is 0 Å². The molecule has 0 unspecified atom stereocenters. The van der Waals surface area contributed by atoms with Gasteiger partial charge in [0.15, 0.2) is 11.5 Å². The molecule has 0 radical (unpaired) electrons. The molecule has 1 aliphatic rings. The van der Waals surface area contributed by atoms with Gasteiger partial charge in [0.25, 0.3) is 0 Å². The van der Waals surface area contributed by atoms with Crippen molar-refractivity contribution >= 4 is 5.78 Å². The Balaban J connectivity index is 2.50. The number of aliphatic hydroxyl groups excluding tert-OH is 1. The Morgan fingerprint density at radius 1 is 1.26 bits per heavy atom. The number of aromatic nitrogens is 1. The lowest BCUT2D eigenvalue weighted by Crippen LogP contribution is -2.39. The molecular formula is C11H6F5NO2. The number of Topliss-reactive ketones (excluding diaryl/α,β-unsaturated/α-hetero) is 1. The number of ketones is 1. The van der Waals surface area contributed by atoms with Crippen molar-refractivity contribution in [3.63, 3.8) is 0 Å². The predicted molar refractivity (Wildman–Crippen MR) is 52.9 cm³/mol. The molecule has 0 aliphatic heterocycles. The third-order valence-electron chi connectivity index (χ3n) is 2.74. The van der Waals surface area contributed by atoms with Crippen LogP contribution < -0.4 is 0 Å². The number of hydrogen-bond acceptors (Lipinski definition) is 3. The number of pyridine rings is 1. The molecule has 0 amide bonds. The number of hydrogen-bond donors (Lipinski definition) is 1. The summed E-state index contributed by atoms with van der Waals surface area (Å²) in [6, 6.07) is 1.32. The highest BCUT2D eigenvalue weighted by molar-refractivity contribution is 6.13. The van der Waals surface area contributed by atoms with Crippen molar-refractivity contribution in [3.8, 4) is 0 Å². The highest BCUT2D eigenvalue weighted by atomic mass is 19.4. The zero-order valence-electron chi connectivity index (χ0n) is 9.13. The molecule has 1 heterocycles. The summed E-state index contributed by atoms with van der Waals surface area (Å²) in [6.45, 7) is 0. The minimum Gasteiger partial charge on any atom is -0.506 e. The van der Waals surface area contributed by atoms with Crippen LogP contribution >= 0.6 is 0 Å². The summed E-state index contributed by atoms with van der Waals surface area (Å²) in [5.41, 5.74) is -0.785. The minimum absolute atomic E-state index is 0.0815. The standard InChI is InChI=1S/C11H6F5NO2/c12-10(13,11(14,15)16)9(19)6-3-5-1-2-17-4-7(5)8(6)18/h1-2,4,19H,3H2/b9-6-. The second-order valence-electron chi connectivity index (χ2n) is 3.94. The van der Waals surface area contributed by atoms with Gasteiger partial charge in [-0.15, -0.1) is 0 Å². The molecule has 0 spiro atoms. The molecule has 1 aliphatic carbocycles. The van der Waals surface area contributed by atoms with E-state index < -0.39 is 35.6 Å². The van der Waals surface area contributed by atoms with Crippen molar-refractivity contribution in [3.05, 3.63) is 40.9 Å². The van der Waals surface area contributed by atoms with Crippen molar-refractivity contribution in [2.45, 2.75) is 18.5 Å². The molecule has 1 aromatic rings. The summed E-state index contributed by atoms with van der Waals surface area (Å²) in [7, 11) is 0. The third-order valence-corrected chi connectivity index (χ3v) is 2.74. The molecule has 2 rings (SSSR count). The number of alkyl halides is 5. The van der Waals surface area contributed by atoms with Gasteiger partial charge in [-0.3, -0.25) is 9.78 Å². The lowest BCUT2D eigenvalue weighted by Gasteiger charge is -2.19. The fourth-order valence-electron chi connectivity index (χ4n) is 1.73. The number of fused-ring (bicyclic) bond motifs is 1. The van der Waals surface area contributed by atoms with Gasteiger partial charge in [0, 0.05) is 30.0 Å². The van der Waals surface area contributed by atoms with Crippen LogP contribution in [0.2, 0.25) is 0 Å². The van der Waals surface area contributed by atoms with Gasteiger partial charge in [-0.1, -0.05) is 0 Å². The molecule has 3 nitrogen and oxygen atoms in total. The highest BCUT2D eigenvalue weighted by Gasteiger charge is 2.62. The van der Waals surface area contributed by atoms with Crippen LogP contribution in [0.4, 0.5) is 22.0 Å². The lowest BCUT2D eigenvalue weighted by molar-refractivity contribution is -0.274. The first kappa shape index (κ1) is 13.4. The first-order valence-corrected chi connectivity index (χ1v) is 5.01. The minimum atomic E-state index is -5.96. The number of aliphatic hydroxyl groups is 1. The van der Waals surface area contributed by atoms with Crippen LogP contribution in [-0.2, 0) is 6.42 Å². The van der Waals surface area contributed by atoms with Gasteiger partial charge in [0.05, 0.1) is 0 Å². The number of nitrogens with zero attached hydrogens (tertiary/aromatic N) is 1. The van der Waals surface area contributed by atoms with Crippen molar-refractivity contribution < 1.29 is 31.9 Å². The molecule has 0 aromatic carbocycles. The van der Waals surface area contributed by atoms with Crippen LogP contribution in [0.25, 0.3) is 0 Å². The fraction of sp³-hybridized carbons (Fsp3) is 0.273. The Labute approximate surface area is 103 Å². The Morgan fingerprint density at radius 2 is 1.89 bits per heavy atom. The summed E-state index contributed by atoms with van der Waals surface area (Å²) >= 11 is 0.